The number of carbonyl (C=O) groups is 2. The first-order chi connectivity index (χ1) is 12.4. The molecule has 0 atom stereocenters. The van der Waals surface area contributed by atoms with E-state index in [2.05, 4.69) is 4.98 Å². The molecular formula is C18H17N3O4S. The van der Waals surface area contributed by atoms with Crippen LogP contribution in [0, 0.1) is 6.92 Å². The van der Waals surface area contributed by atoms with Crippen LogP contribution in [0.2, 0.25) is 0 Å². The number of carboxylic acids is 1. The molecule has 0 radical (unpaired) electrons. The number of amides is 1. The zero-order chi connectivity index (χ0) is 18.8. The summed E-state index contributed by atoms with van der Waals surface area (Å²) < 4.78 is 1.22. The van der Waals surface area contributed by atoms with Crippen molar-refractivity contribution in [3.8, 4) is 0 Å². The van der Waals surface area contributed by atoms with E-state index in [1.165, 1.54) is 15.8 Å². The molecular weight excluding hydrogens is 354 g/mol. The number of aryl methyl sites for hydroxylation is 1. The molecule has 7 nitrogen and oxygen atoms in total. The highest BCUT2D eigenvalue weighted by atomic mass is 32.1. The fourth-order valence-electron chi connectivity index (χ4n) is 2.69. The molecule has 1 aromatic carbocycles. The van der Waals surface area contributed by atoms with Gasteiger partial charge in [-0.1, -0.05) is 30.3 Å². The number of carboxylic acid groups (broad SMARTS) is 1. The first-order valence-electron chi connectivity index (χ1n) is 7.88. The van der Waals surface area contributed by atoms with Gasteiger partial charge in [0.05, 0.1) is 11.7 Å². The molecule has 0 saturated carbocycles. The number of fused-ring (bicyclic) bond motifs is 1. The van der Waals surface area contributed by atoms with Crippen LogP contribution in [0.3, 0.4) is 0 Å². The Balaban J connectivity index is 1.85. The van der Waals surface area contributed by atoms with Gasteiger partial charge >= 0.3 is 5.97 Å². The first-order valence-corrected chi connectivity index (χ1v) is 8.70. The molecule has 3 aromatic rings. The molecule has 134 valence electrons. The van der Waals surface area contributed by atoms with Gasteiger partial charge in [-0.15, -0.1) is 11.3 Å². The average Bonchev–Trinajstić information content (AvgIpc) is 2.96. The minimum atomic E-state index is -1.09. The zero-order valence-corrected chi connectivity index (χ0v) is 15.1. The molecule has 2 aromatic heterocycles. The second-order valence-electron chi connectivity index (χ2n) is 5.95. The number of likely N-dealkylation sites (N-methyl/N-ethyl adjacent to an activating group) is 1. The van der Waals surface area contributed by atoms with Crippen molar-refractivity contribution in [1.82, 2.24) is 14.5 Å². The van der Waals surface area contributed by atoms with Crippen molar-refractivity contribution in [3.63, 3.8) is 0 Å². The Kier molecular flexibility index (Phi) is 4.85. The number of rotatable bonds is 5. The molecule has 2 heterocycles. The van der Waals surface area contributed by atoms with E-state index in [-0.39, 0.29) is 22.7 Å². The summed E-state index contributed by atoms with van der Waals surface area (Å²) >= 11 is 0.963. The van der Waals surface area contributed by atoms with Crippen molar-refractivity contribution < 1.29 is 14.7 Å². The molecule has 8 heteroatoms. The summed E-state index contributed by atoms with van der Waals surface area (Å²) in [6.07, 6.45) is 1.29. The van der Waals surface area contributed by atoms with Gasteiger partial charge in [-0.2, -0.15) is 0 Å². The summed E-state index contributed by atoms with van der Waals surface area (Å²) in [5.41, 5.74) is 0.969. The first kappa shape index (κ1) is 17.8. The second-order valence-corrected chi connectivity index (χ2v) is 6.95. The average molecular weight is 371 g/mol. The molecule has 0 saturated heterocycles. The lowest BCUT2D eigenvalue weighted by molar-refractivity contribution is -0.131. The lowest BCUT2D eigenvalue weighted by Crippen LogP contribution is -2.33. The number of hydrogen-bond donors (Lipinski definition) is 1. The fraction of sp³-hybridized carbons (Fsp3) is 0.222. The van der Waals surface area contributed by atoms with Gasteiger partial charge in [0.1, 0.15) is 16.3 Å². The third kappa shape index (κ3) is 3.36. The lowest BCUT2D eigenvalue weighted by Gasteiger charge is -2.17. The predicted molar refractivity (Wildman–Crippen MR) is 98.5 cm³/mol. The highest BCUT2D eigenvalue weighted by Gasteiger charge is 2.20. The Morgan fingerprint density at radius 3 is 2.62 bits per heavy atom. The van der Waals surface area contributed by atoms with E-state index in [1.807, 2.05) is 30.3 Å². The molecule has 0 aliphatic rings. The standard InChI is InChI=1S/C18H17N3O4S/c1-11-14-16(26-15(11)18(24)25)19-10-21(17(14)23)9-13(22)20(2)8-12-6-4-3-5-7-12/h3-7,10H,8-9H2,1-2H3,(H,24,25). The zero-order valence-electron chi connectivity index (χ0n) is 14.3. The summed E-state index contributed by atoms with van der Waals surface area (Å²) in [5.74, 6) is -1.32. The van der Waals surface area contributed by atoms with E-state index in [1.54, 1.807) is 14.0 Å². The SMILES string of the molecule is Cc1c(C(=O)O)sc2ncn(CC(=O)N(C)Cc3ccccc3)c(=O)c12. The number of thiophene rings is 1. The van der Waals surface area contributed by atoms with Crippen molar-refractivity contribution in [2.75, 3.05) is 7.05 Å². The van der Waals surface area contributed by atoms with Gasteiger partial charge in [-0.05, 0) is 18.1 Å². The van der Waals surface area contributed by atoms with Gasteiger partial charge < -0.3 is 10.0 Å². The van der Waals surface area contributed by atoms with E-state index < -0.39 is 11.5 Å². The summed E-state index contributed by atoms with van der Waals surface area (Å²) in [4.78, 5) is 42.5. The molecule has 1 N–H and O–H groups in total. The molecule has 1 amide bonds. The Hall–Kier alpha value is -3.00. The summed E-state index contributed by atoms with van der Waals surface area (Å²) in [5, 5.41) is 9.46. The molecule has 0 fully saturated rings. The molecule has 26 heavy (non-hydrogen) atoms. The van der Waals surface area contributed by atoms with Crippen molar-refractivity contribution in [2.45, 2.75) is 20.0 Å². The highest BCUT2D eigenvalue weighted by molar-refractivity contribution is 7.20. The maximum Gasteiger partial charge on any atom is 0.346 e. The van der Waals surface area contributed by atoms with Gasteiger partial charge in [0.25, 0.3) is 5.56 Å². The normalized spacial score (nSPS) is 10.8. The maximum atomic E-state index is 12.7. The van der Waals surface area contributed by atoms with Crippen LogP contribution < -0.4 is 5.56 Å². The van der Waals surface area contributed by atoms with Crippen LogP contribution in [0.1, 0.15) is 20.8 Å². The third-order valence-electron chi connectivity index (χ3n) is 4.11. The largest absolute Gasteiger partial charge is 0.477 e. The van der Waals surface area contributed by atoms with E-state index in [0.717, 1.165) is 16.9 Å². The van der Waals surface area contributed by atoms with Crippen LogP contribution in [0.5, 0.6) is 0 Å². The van der Waals surface area contributed by atoms with Crippen LogP contribution in [0.15, 0.2) is 41.5 Å². The molecule has 0 spiro atoms. The summed E-state index contributed by atoms with van der Waals surface area (Å²) in [6.45, 7) is 1.87. The van der Waals surface area contributed by atoms with Gasteiger partial charge in [-0.25, -0.2) is 9.78 Å². The monoisotopic (exact) mass is 371 g/mol. The highest BCUT2D eigenvalue weighted by Crippen LogP contribution is 2.26. The van der Waals surface area contributed by atoms with Crippen LogP contribution in [-0.4, -0.2) is 38.5 Å². The summed E-state index contributed by atoms with van der Waals surface area (Å²) in [6, 6.07) is 9.54. The molecule has 0 bridgehead atoms. The molecule has 0 unspecified atom stereocenters. The summed E-state index contributed by atoms with van der Waals surface area (Å²) in [7, 11) is 1.67. The van der Waals surface area contributed by atoms with E-state index in [9.17, 15) is 19.5 Å². The molecule has 0 aliphatic carbocycles. The van der Waals surface area contributed by atoms with E-state index >= 15 is 0 Å². The minimum Gasteiger partial charge on any atom is -0.477 e. The fourth-order valence-corrected chi connectivity index (χ4v) is 3.67. The quantitative estimate of drug-likeness (QED) is 0.742. The molecule has 0 aliphatic heterocycles. The van der Waals surface area contributed by atoms with Gasteiger partial charge in [0.2, 0.25) is 5.91 Å². The molecule has 3 rings (SSSR count). The predicted octanol–water partition coefficient (Wildman–Crippen LogP) is 2.12. The third-order valence-corrected chi connectivity index (χ3v) is 5.29. The number of hydrogen-bond acceptors (Lipinski definition) is 5. The van der Waals surface area contributed by atoms with Crippen molar-refractivity contribution in [1.29, 1.82) is 0 Å². The smallest absolute Gasteiger partial charge is 0.346 e. The Morgan fingerprint density at radius 1 is 1.27 bits per heavy atom. The van der Waals surface area contributed by atoms with Crippen molar-refractivity contribution in [2.24, 2.45) is 0 Å². The van der Waals surface area contributed by atoms with E-state index in [0.29, 0.717) is 16.9 Å². The van der Waals surface area contributed by atoms with Crippen molar-refractivity contribution >= 4 is 33.4 Å². The van der Waals surface area contributed by atoms with Gasteiger partial charge in [0.15, 0.2) is 0 Å². The van der Waals surface area contributed by atoms with E-state index in [4.69, 9.17) is 0 Å². The van der Waals surface area contributed by atoms with Crippen LogP contribution in [-0.2, 0) is 17.9 Å². The van der Waals surface area contributed by atoms with Crippen molar-refractivity contribution in [3.05, 3.63) is 63.0 Å². The Morgan fingerprint density at radius 2 is 1.96 bits per heavy atom. The Labute approximate surface area is 153 Å². The maximum absolute atomic E-state index is 12.7. The number of aromatic carboxylic acids is 1. The topological polar surface area (TPSA) is 92.5 Å². The van der Waals surface area contributed by atoms with Gasteiger partial charge in [-0.3, -0.25) is 14.2 Å². The number of benzene rings is 1. The Bertz CT molecular complexity index is 1040. The van der Waals surface area contributed by atoms with Crippen LogP contribution in [0.4, 0.5) is 0 Å². The lowest BCUT2D eigenvalue weighted by atomic mass is 10.2. The number of nitrogens with zero attached hydrogens (tertiary/aromatic N) is 3. The minimum absolute atomic E-state index is 0.0925. The van der Waals surface area contributed by atoms with Crippen LogP contribution in [0.25, 0.3) is 10.2 Å². The second kappa shape index (κ2) is 7.09. The number of carbonyl (C=O) groups excluding carboxylic acids is 1. The van der Waals surface area contributed by atoms with Crippen LogP contribution >= 0.6 is 11.3 Å². The van der Waals surface area contributed by atoms with Gasteiger partial charge in [0, 0.05) is 13.6 Å². The number of aromatic nitrogens is 2.